The summed E-state index contributed by atoms with van der Waals surface area (Å²) in [6.07, 6.45) is 0. The summed E-state index contributed by atoms with van der Waals surface area (Å²) in [6.45, 7) is 2.50. The molecule has 1 aromatic carbocycles. The third-order valence-electron chi connectivity index (χ3n) is 2.64. The van der Waals surface area contributed by atoms with Crippen LogP contribution >= 0.6 is 23.2 Å². The van der Waals surface area contributed by atoms with Gasteiger partial charge in [0.2, 0.25) is 11.9 Å². The van der Waals surface area contributed by atoms with Gasteiger partial charge in [0, 0.05) is 12.2 Å². The van der Waals surface area contributed by atoms with Crippen molar-refractivity contribution in [2.45, 2.75) is 6.92 Å². The van der Waals surface area contributed by atoms with Gasteiger partial charge in [0.1, 0.15) is 6.54 Å². The quantitative estimate of drug-likeness (QED) is 0.899. The van der Waals surface area contributed by atoms with Crippen LogP contribution in [0.5, 0.6) is 0 Å². The Bertz CT molecular complexity index is 490. The molecule has 2 rings (SSSR count). The molecule has 90 valence electrons. The number of nitrogens with zero attached hydrogens (tertiary/aromatic N) is 2. The van der Waals surface area contributed by atoms with Crippen molar-refractivity contribution in [3.63, 3.8) is 0 Å². The number of guanidine groups is 1. The van der Waals surface area contributed by atoms with E-state index >= 15 is 0 Å². The van der Waals surface area contributed by atoms with E-state index in [9.17, 15) is 4.79 Å². The molecule has 0 spiro atoms. The standard InChI is InChI=1S/C11H11Cl2N3O/c1-2-15-10(17)6-16(11(15)14)7-3-4-8(12)9(13)5-7/h3-5,14H,2,6H2,1H3. The Morgan fingerprint density at radius 1 is 1.35 bits per heavy atom. The summed E-state index contributed by atoms with van der Waals surface area (Å²) in [5, 5.41) is 8.78. The Morgan fingerprint density at radius 2 is 2.06 bits per heavy atom. The maximum Gasteiger partial charge on any atom is 0.249 e. The molecule has 4 nitrogen and oxygen atoms in total. The first kappa shape index (κ1) is 12.2. The van der Waals surface area contributed by atoms with Crippen LogP contribution in [-0.4, -0.2) is 29.9 Å². The second-order valence-electron chi connectivity index (χ2n) is 3.65. The van der Waals surface area contributed by atoms with Gasteiger partial charge in [0.15, 0.2) is 0 Å². The third-order valence-corrected chi connectivity index (χ3v) is 3.38. The topological polar surface area (TPSA) is 47.4 Å². The highest BCUT2D eigenvalue weighted by Crippen LogP contribution is 2.28. The molecule has 17 heavy (non-hydrogen) atoms. The Balaban J connectivity index is 2.32. The van der Waals surface area contributed by atoms with Gasteiger partial charge >= 0.3 is 0 Å². The summed E-state index contributed by atoms with van der Waals surface area (Å²) in [4.78, 5) is 14.7. The summed E-state index contributed by atoms with van der Waals surface area (Å²) in [5.74, 6) is 0.0967. The van der Waals surface area contributed by atoms with E-state index in [1.807, 2.05) is 6.92 Å². The minimum absolute atomic E-state index is 0.0800. The molecule has 0 radical (unpaired) electrons. The monoisotopic (exact) mass is 271 g/mol. The van der Waals surface area contributed by atoms with Gasteiger partial charge in [-0.05, 0) is 25.1 Å². The van der Waals surface area contributed by atoms with Crippen molar-refractivity contribution < 1.29 is 4.79 Å². The second-order valence-corrected chi connectivity index (χ2v) is 4.46. The Labute approximate surface area is 109 Å². The molecular weight excluding hydrogens is 261 g/mol. The second kappa shape index (κ2) is 4.55. The van der Waals surface area contributed by atoms with Crippen molar-refractivity contribution in [2.24, 2.45) is 0 Å². The lowest BCUT2D eigenvalue weighted by atomic mass is 10.3. The van der Waals surface area contributed by atoms with Gasteiger partial charge < -0.3 is 4.90 Å². The highest BCUT2D eigenvalue weighted by molar-refractivity contribution is 6.42. The number of likely N-dealkylation sites (N-methyl/N-ethyl adjacent to an activating group) is 1. The van der Waals surface area contributed by atoms with Crippen LogP contribution in [0, 0.1) is 5.41 Å². The molecule has 0 unspecified atom stereocenters. The number of halogens is 2. The molecule has 1 aliphatic rings. The molecule has 1 amide bonds. The molecule has 1 aromatic rings. The molecule has 1 saturated heterocycles. The van der Waals surface area contributed by atoms with E-state index in [1.165, 1.54) is 4.90 Å². The predicted octanol–water partition coefficient (Wildman–Crippen LogP) is 2.60. The highest BCUT2D eigenvalue weighted by atomic mass is 35.5. The van der Waals surface area contributed by atoms with E-state index in [-0.39, 0.29) is 18.4 Å². The van der Waals surface area contributed by atoms with Crippen molar-refractivity contribution in [3.8, 4) is 0 Å². The first-order valence-electron chi connectivity index (χ1n) is 5.16. The zero-order valence-electron chi connectivity index (χ0n) is 9.20. The third kappa shape index (κ3) is 2.10. The van der Waals surface area contributed by atoms with Gasteiger partial charge in [-0.1, -0.05) is 23.2 Å². The van der Waals surface area contributed by atoms with Crippen LogP contribution in [0.3, 0.4) is 0 Å². The largest absolute Gasteiger partial charge is 0.303 e. The molecule has 6 heteroatoms. The minimum Gasteiger partial charge on any atom is -0.303 e. The molecule has 0 aromatic heterocycles. The number of amides is 1. The van der Waals surface area contributed by atoms with Gasteiger partial charge in [-0.2, -0.15) is 0 Å². The highest BCUT2D eigenvalue weighted by Gasteiger charge is 2.32. The zero-order chi connectivity index (χ0) is 12.6. The number of hydrogen-bond acceptors (Lipinski definition) is 2. The Morgan fingerprint density at radius 3 is 2.59 bits per heavy atom. The number of hydrogen-bond donors (Lipinski definition) is 1. The fraction of sp³-hybridized carbons (Fsp3) is 0.273. The fourth-order valence-corrected chi connectivity index (χ4v) is 2.04. The lowest BCUT2D eigenvalue weighted by molar-refractivity contribution is -0.124. The van der Waals surface area contributed by atoms with E-state index < -0.39 is 0 Å². The maximum atomic E-state index is 11.6. The maximum absolute atomic E-state index is 11.6. The van der Waals surface area contributed by atoms with Crippen molar-refractivity contribution >= 4 is 40.8 Å². The van der Waals surface area contributed by atoms with E-state index in [4.69, 9.17) is 28.6 Å². The Kier molecular flexibility index (Phi) is 3.26. The van der Waals surface area contributed by atoms with Crippen LogP contribution in [-0.2, 0) is 4.79 Å². The van der Waals surface area contributed by atoms with E-state index in [0.717, 1.165) is 0 Å². The lowest BCUT2D eigenvalue weighted by Gasteiger charge is -2.19. The number of carbonyl (C=O) groups excluding carboxylic acids is 1. The summed E-state index contributed by atoms with van der Waals surface area (Å²) in [5.41, 5.74) is 0.703. The first-order valence-corrected chi connectivity index (χ1v) is 5.91. The summed E-state index contributed by atoms with van der Waals surface area (Å²) in [6, 6.07) is 5.06. The number of nitrogens with one attached hydrogen (secondary N) is 1. The number of carbonyl (C=O) groups is 1. The predicted molar refractivity (Wildman–Crippen MR) is 68.9 cm³/mol. The van der Waals surface area contributed by atoms with Gasteiger partial charge in [-0.3, -0.25) is 15.1 Å². The van der Waals surface area contributed by atoms with Crippen LogP contribution < -0.4 is 4.90 Å². The molecule has 1 heterocycles. The summed E-state index contributed by atoms with van der Waals surface area (Å²) >= 11 is 11.7. The molecule has 0 saturated carbocycles. The van der Waals surface area contributed by atoms with Crippen LogP contribution in [0.1, 0.15) is 6.92 Å². The van der Waals surface area contributed by atoms with Crippen LogP contribution in [0.25, 0.3) is 0 Å². The van der Waals surface area contributed by atoms with E-state index in [2.05, 4.69) is 0 Å². The average Bonchev–Trinajstić information content (AvgIpc) is 2.58. The van der Waals surface area contributed by atoms with Gasteiger partial charge in [0.05, 0.1) is 10.0 Å². The Hall–Kier alpha value is -1.26. The summed E-state index contributed by atoms with van der Waals surface area (Å²) < 4.78 is 0. The summed E-state index contributed by atoms with van der Waals surface area (Å²) in [7, 11) is 0. The molecule has 0 aliphatic carbocycles. The molecule has 0 bridgehead atoms. The first-order chi connectivity index (χ1) is 8.04. The number of benzene rings is 1. The molecule has 1 aliphatic heterocycles. The van der Waals surface area contributed by atoms with Crippen LogP contribution in [0.4, 0.5) is 5.69 Å². The van der Waals surface area contributed by atoms with Crippen molar-refractivity contribution in [1.82, 2.24) is 4.90 Å². The van der Waals surface area contributed by atoms with Crippen LogP contribution in [0.2, 0.25) is 10.0 Å². The van der Waals surface area contributed by atoms with Crippen molar-refractivity contribution in [1.29, 1.82) is 5.41 Å². The fourth-order valence-electron chi connectivity index (χ4n) is 1.75. The number of rotatable bonds is 2. The molecule has 1 N–H and O–H groups in total. The molecule has 0 atom stereocenters. The zero-order valence-corrected chi connectivity index (χ0v) is 10.7. The van der Waals surface area contributed by atoms with Crippen molar-refractivity contribution in [3.05, 3.63) is 28.2 Å². The van der Waals surface area contributed by atoms with Crippen LogP contribution in [0.15, 0.2) is 18.2 Å². The lowest BCUT2D eigenvalue weighted by Crippen LogP contribution is -2.33. The van der Waals surface area contributed by atoms with Gasteiger partial charge in [-0.25, -0.2) is 0 Å². The van der Waals surface area contributed by atoms with E-state index in [1.54, 1.807) is 23.1 Å². The molecule has 1 fully saturated rings. The average molecular weight is 272 g/mol. The SMILES string of the molecule is CCN1C(=N)N(c2ccc(Cl)c(Cl)c2)CC1=O. The van der Waals surface area contributed by atoms with Gasteiger partial charge in [0.25, 0.3) is 0 Å². The van der Waals surface area contributed by atoms with Gasteiger partial charge in [-0.15, -0.1) is 0 Å². The smallest absolute Gasteiger partial charge is 0.249 e. The van der Waals surface area contributed by atoms with E-state index in [0.29, 0.717) is 22.3 Å². The molecular formula is C11H11Cl2N3O. The van der Waals surface area contributed by atoms with Crippen molar-refractivity contribution in [2.75, 3.05) is 18.0 Å². The minimum atomic E-state index is -0.0800. The number of anilines is 1. The normalized spacial score (nSPS) is 15.9.